The molecule has 7 nitrogen and oxygen atoms in total. The van der Waals surface area contributed by atoms with E-state index in [1.54, 1.807) is 0 Å². The predicted molar refractivity (Wildman–Crippen MR) is 111 cm³/mol. The van der Waals surface area contributed by atoms with Gasteiger partial charge in [-0.25, -0.2) is 0 Å². The first-order valence-electron chi connectivity index (χ1n) is 11.0. The van der Waals surface area contributed by atoms with E-state index in [1.807, 2.05) is 13.8 Å². The smallest absolute Gasteiger partial charge is 0.221 e. The molecule has 0 saturated carbocycles. The Morgan fingerprint density at radius 3 is 2.00 bits per heavy atom. The van der Waals surface area contributed by atoms with Gasteiger partial charge in [0.1, 0.15) is 0 Å². The zero-order valence-electron chi connectivity index (χ0n) is 18.0. The molecule has 0 aliphatic carbocycles. The van der Waals surface area contributed by atoms with E-state index in [0.717, 1.165) is 71.7 Å². The van der Waals surface area contributed by atoms with E-state index < -0.39 is 0 Å². The van der Waals surface area contributed by atoms with Crippen LogP contribution >= 0.6 is 0 Å². The second-order valence-electron chi connectivity index (χ2n) is 8.67. The molecule has 0 aromatic carbocycles. The molecule has 2 N–H and O–H groups in total. The molecular weight excluding hydrogens is 356 g/mol. The van der Waals surface area contributed by atoms with Gasteiger partial charge in [-0.3, -0.25) is 14.5 Å². The molecule has 0 radical (unpaired) electrons. The topological polar surface area (TPSA) is 73.9 Å². The Hall–Kier alpha value is -1.18. The molecule has 2 heterocycles. The number of likely N-dealkylation sites (tertiary alicyclic amines) is 1. The van der Waals surface area contributed by atoms with Crippen molar-refractivity contribution < 1.29 is 14.3 Å². The van der Waals surface area contributed by atoms with Crippen LogP contribution in [0.3, 0.4) is 0 Å². The van der Waals surface area contributed by atoms with Crippen molar-refractivity contribution in [2.75, 3.05) is 52.5 Å². The molecule has 0 aromatic rings. The van der Waals surface area contributed by atoms with E-state index in [0.29, 0.717) is 18.8 Å². The van der Waals surface area contributed by atoms with Gasteiger partial charge in [-0.1, -0.05) is 0 Å². The third-order valence-electron chi connectivity index (χ3n) is 5.66. The number of hydrogen-bond donors (Lipinski definition) is 2. The van der Waals surface area contributed by atoms with Gasteiger partial charge in [0.25, 0.3) is 0 Å². The van der Waals surface area contributed by atoms with Crippen LogP contribution < -0.4 is 10.6 Å². The highest BCUT2D eigenvalue weighted by Crippen LogP contribution is 2.22. The van der Waals surface area contributed by atoms with Crippen LogP contribution in [0.25, 0.3) is 0 Å². The first kappa shape index (κ1) is 23.1. The lowest BCUT2D eigenvalue weighted by Gasteiger charge is -2.33. The molecule has 0 bridgehead atoms. The number of morpholine rings is 1. The fourth-order valence-electron chi connectivity index (χ4n) is 4.09. The number of rotatable bonds is 10. The average molecular weight is 397 g/mol. The molecule has 0 aromatic heterocycles. The maximum Gasteiger partial charge on any atom is 0.221 e. The molecule has 7 heteroatoms. The largest absolute Gasteiger partial charge is 0.379 e. The van der Waals surface area contributed by atoms with E-state index in [9.17, 15) is 9.59 Å². The summed E-state index contributed by atoms with van der Waals surface area (Å²) < 4.78 is 5.34. The van der Waals surface area contributed by atoms with E-state index >= 15 is 0 Å². The molecule has 2 saturated heterocycles. The lowest BCUT2D eigenvalue weighted by atomic mass is 9.90. The van der Waals surface area contributed by atoms with Crippen molar-refractivity contribution in [3.05, 3.63) is 0 Å². The second-order valence-corrected chi connectivity index (χ2v) is 8.67. The summed E-state index contributed by atoms with van der Waals surface area (Å²) in [6, 6.07) is 0.439. The van der Waals surface area contributed by atoms with Crippen molar-refractivity contribution in [1.82, 2.24) is 20.4 Å². The predicted octanol–water partition coefficient (Wildman–Crippen LogP) is 1.23. The zero-order chi connectivity index (χ0) is 20.4. The maximum absolute atomic E-state index is 12.2. The molecule has 2 fully saturated rings. The van der Waals surface area contributed by atoms with Crippen LogP contribution in [0.1, 0.15) is 52.9 Å². The minimum atomic E-state index is 0.144. The second kappa shape index (κ2) is 12.4. The van der Waals surface area contributed by atoms with Gasteiger partial charge in [0, 0.05) is 51.1 Å². The molecular formula is C21H40N4O3. The van der Waals surface area contributed by atoms with Crippen LogP contribution in [-0.2, 0) is 14.3 Å². The summed E-state index contributed by atoms with van der Waals surface area (Å²) in [6.45, 7) is 13.3. The number of ether oxygens (including phenoxy) is 1. The summed E-state index contributed by atoms with van der Waals surface area (Å²) in [6.07, 6.45) is 4.50. The van der Waals surface area contributed by atoms with Crippen molar-refractivity contribution in [2.24, 2.45) is 5.92 Å². The zero-order valence-corrected chi connectivity index (χ0v) is 18.0. The summed E-state index contributed by atoms with van der Waals surface area (Å²) in [5, 5.41) is 6.12. The molecule has 2 rings (SSSR count). The summed E-state index contributed by atoms with van der Waals surface area (Å²) in [5.74, 6) is 0.966. The Kier molecular flexibility index (Phi) is 10.2. The van der Waals surface area contributed by atoms with Gasteiger partial charge in [0.05, 0.1) is 13.2 Å². The molecule has 2 aliphatic rings. The van der Waals surface area contributed by atoms with E-state index in [1.165, 1.54) is 0 Å². The quantitative estimate of drug-likeness (QED) is 0.581. The van der Waals surface area contributed by atoms with E-state index in [4.69, 9.17) is 4.74 Å². The fourth-order valence-corrected chi connectivity index (χ4v) is 4.09. The average Bonchev–Trinajstić information content (AvgIpc) is 2.66. The van der Waals surface area contributed by atoms with Crippen LogP contribution in [0, 0.1) is 5.92 Å². The summed E-state index contributed by atoms with van der Waals surface area (Å²) in [5.41, 5.74) is 0. The number of nitrogens with one attached hydrogen (secondary N) is 2. The molecule has 0 spiro atoms. The number of carbonyl (C=O) groups is 2. The van der Waals surface area contributed by atoms with Crippen LogP contribution in [0.4, 0.5) is 0 Å². The van der Waals surface area contributed by atoms with Crippen molar-refractivity contribution in [2.45, 2.75) is 65.0 Å². The van der Waals surface area contributed by atoms with Crippen LogP contribution in [0.15, 0.2) is 0 Å². The van der Waals surface area contributed by atoms with Crippen LogP contribution in [-0.4, -0.2) is 86.2 Å². The van der Waals surface area contributed by atoms with Crippen molar-refractivity contribution in [1.29, 1.82) is 0 Å². The number of amides is 2. The van der Waals surface area contributed by atoms with Crippen molar-refractivity contribution in [3.8, 4) is 0 Å². The minimum Gasteiger partial charge on any atom is -0.379 e. The Morgan fingerprint density at radius 2 is 1.43 bits per heavy atom. The first-order valence-corrected chi connectivity index (χ1v) is 11.0. The van der Waals surface area contributed by atoms with Gasteiger partial charge in [-0.05, 0) is 59.0 Å². The van der Waals surface area contributed by atoms with Gasteiger partial charge in [-0.15, -0.1) is 0 Å². The Balaban J connectivity index is 1.55. The van der Waals surface area contributed by atoms with Gasteiger partial charge >= 0.3 is 0 Å². The summed E-state index contributed by atoms with van der Waals surface area (Å²) >= 11 is 0. The maximum atomic E-state index is 12.2. The normalized spacial score (nSPS) is 20.9. The highest BCUT2D eigenvalue weighted by Gasteiger charge is 2.22. The number of carbonyl (C=O) groups excluding carboxylic acids is 2. The molecule has 28 heavy (non-hydrogen) atoms. The number of hydrogen-bond acceptors (Lipinski definition) is 5. The van der Waals surface area contributed by atoms with Gasteiger partial charge in [-0.2, -0.15) is 0 Å². The third-order valence-corrected chi connectivity index (χ3v) is 5.66. The number of nitrogens with zero attached hydrogens (tertiary/aromatic N) is 2. The molecule has 2 aliphatic heterocycles. The fraction of sp³-hybridized carbons (Fsp3) is 0.905. The van der Waals surface area contributed by atoms with Crippen LogP contribution in [0.2, 0.25) is 0 Å². The van der Waals surface area contributed by atoms with Crippen molar-refractivity contribution in [3.63, 3.8) is 0 Å². The van der Waals surface area contributed by atoms with E-state index in [-0.39, 0.29) is 23.9 Å². The van der Waals surface area contributed by atoms with Crippen LogP contribution in [0.5, 0.6) is 0 Å². The lowest BCUT2D eigenvalue weighted by molar-refractivity contribution is -0.122. The summed E-state index contributed by atoms with van der Waals surface area (Å²) in [4.78, 5) is 28.7. The SMILES string of the molecule is CC(C)NC(=O)CCN1CCC(C[C@@H](C)NC(=O)CCN2CCOCC2)CC1. The highest BCUT2D eigenvalue weighted by atomic mass is 16.5. The van der Waals surface area contributed by atoms with E-state index in [2.05, 4.69) is 27.4 Å². The Labute approximate surface area is 170 Å². The Bertz CT molecular complexity index is 472. The third kappa shape index (κ3) is 9.34. The van der Waals surface area contributed by atoms with Crippen molar-refractivity contribution >= 4 is 11.8 Å². The highest BCUT2D eigenvalue weighted by molar-refractivity contribution is 5.76. The monoisotopic (exact) mass is 396 g/mol. The van der Waals surface area contributed by atoms with Gasteiger partial charge in [0.15, 0.2) is 0 Å². The molecule has 0 unspecified atom stereocenters. The minimum absolute atomic E-state index is 0.144. The molecule has 162 valence electrons. The van der Waals surface area contributed by atoms with Gasteiger partial charge in [0.2, 0.25) is 11.8 Å². The lowest BCUT2D eigenvalue weighted by Crippen LogP contribution is -2.41. The standard InChI is InChI=1S/C21H40N4O3/c1-17(2)22-20(26)6-10-24-8-4-19(5-9-24)16-18(3)23-21(27)7-11-25-12-14-28-15-13-25/h17-19H,4-16H2,1-3H3,(H,22,26)(H,23,27)/t18-/m1/s1. The number of piperidine rings is 1. The van der Waals surface area contributed by atoms with Gasteiger partial charge < -0.3 is 20.3 Å². The molecule has 2 amide bonds. The Morgan fingerprint density at radius 1 is 0.893 bits per heavy atom. The molecule has 1 atom stereocenters. The summed E-state index contributed by atoms with van der Waals surface area (Å²) in [7, 11) is 0. The first-order chi connectivity index (χ1) is 13.4.